The number of fused-ring (bicyclic) bond motifs is 1. The lowest BCUT2D eigenvalue weighted by molar-refractivity contribution is 0.111. The van der Waals surface area contributed by atoms with Crippen LogP contribution >= 0.6 is 0 Å². The molecule has 2 aliphatic rings. The number of likely N-dealkylation sites (N-methyl/N-ethyl adjacent to an activating group) is 1. The SMILES string of the molecule is Cc1ccc(CNc2ncc3c(-c4ccc(CN5CCN(C)CC5)cc4)cn([C@H]4CC[C@H](O)CC4)c3n2)cc1. The Morgan fingerprint density at radius 1 is 0.897 bits per heavy atom. The highest BCUT2D eigenvalue weighted by Gasteiger charge is 2.24. The van der Waals surface area contributed by atoms with Crippen LogP contribution in [-0.4, -0.2) is 68.8 Å². The molecule has 0 bridgehead atoms. The Balaban J connectivity index is 1.27. The van der Waals surface area contributed by atoms with E-state index in [0.29, 0.717) is 18.5 Å². The van der Waals surface area contributed by atoms with Crippen LogP contribution in [0.5, 0.6) is 0 Å². The van der Waals surface area contributed by atoms with Crippen LogP contribution in [0, 0.1) is 6.92 Å². The highest BCUT2D eigenvalue weighted by Crippen LogP contribution is 2.37. The Morgan fingerprint density at radius 2 is 1.59 bits per heavy atom. The fourth-order valence-corrected chi connectivity index (χ4v) is 5.90. The Kier molecular flexibility index (Phi) is 7.64. The predicted octanol–water partition coefficient (Wildman–Crippen LogP) is 5.24. The van der Waals surface area contributed by atoms with Gasteiger partial charge in [0.05, 0.1) is 6.10 Å². The molecule has 0 amide bonds. The lowest BCUT2D eigenvalue weighted by Crippen LogP contribution is -2.43. The Bertz CT molecular complexity index is 1380. The number of anilines is 1. The summed E-state index contributed by atoms with van der Waals surface area (Å²) in [4.78, 5) is 14.7. The standard InChI is InChI=1S/C32H40N6O/c1-23-3-5-24(6-4-23)19-33-32-34-20-29-30(22-38(31(29)35-32)27-11-13-28(39)14-12-27)26-9-7-25(8-10-26)21-37-17-15-36(2)16-18-37/h3-10,20,22,27-28,39H,11-19,21H2,1-2H3,(H,33,34,35)/t27-,28-. The molecule has 3 heterocycles. The van der Waals surface area contributed by atoms with E-state index in [-0.39, 0.29) is 6.10 Å². The van der Waals surface area contributed by atoms with Crippen molar-refractivity contribution in [2.24, 2.45) is 0 Å². The molecule has 1 saturated carbocycles. The second kappa shape index (κ2) is 11.5. The van der Waals surface area contributed by atoms with E-state index in [0.717, 1.165) is 69.4 Å². The summed E-state index contributed by atoms with van der Waals surface area (Å²) in [7, 11) is 2.20. The average Bonchev–Trinajstić information content (AvgIpc) is 3.34. The second-order valence-electron chi connectivity index (χ2n) is 11.5. The van der Waals surface area contributed by atoms with Gasteiger partial charge in [0.25, 0.3) is 0 Å². The largest absolute Gasteiger partial charge is 0.393 e. The lowest BCUT2D eigenvalue weighted by atomic mass is 9.93. The van der Waals surface area contributed by atoms with Gasteiger partial charge in [-0.2, -0.15) is 4.98 Å². The first kappa shape index (κ1) is 26.0. The first-order valence-corrected chi connectivity index (χ1v) is 14.4. The van der Waals surface area contributed by atoms with Crippen LogP contribution in [0.15, 0.2) is 60.9 Å². The maximum absolute atomic E-state index is 10.1. The summed E-state index contributed by atoms with van der Waals surface area (Å²) < 4.78 is 2.34. The zero-order valence-electron chi connectivity index (χ0n) is 23.2. The van der Waals surface area contributed by atoms with Crippen molar-refractivity contribution in [3.8, 4) is 11.1 Å². The van der Waals surface area contributed by atoms with E-state index in [1.807, 2.05) is 6.20 Å². The van der Waals surface area contributed by atoms with Gasteiger partial charge in [0.15, 0.2) is 0 Å². The van der Waals surface area contributed by atoms with Gasteiger partial charge < -0.3 is 19.9 Å². The summed E-state index contributed by atoms with van der Waals surface area (Å²) >= 11 is 0. The number of aryl methyl sites for hydroxylation is 1. The second-order valence-corrected chi connectivity index (χ2v) is 11.5. The number of aliphatic hydroxyl groups is 1. The van der Waals surface area contributed by atoms with Crippen LogP contribution in [0.3, 0.4) is 0 Å². The zero-order chi connectivity index (χ0) is 26.8. The van der Waals surface area contributed by atoms with E-state index in [9.17, 15) is 5.11 Å². The van der Waals surface area contributed by atoms with Gasteiger partial charge in [-0.15, -0.1) is 0 Å². The van der Waals surface area contributed by atoms with Gasteiger partial charge in [0.2, 0.25) is 5.95 Å². The molecule has 39 heavy (non-hydrogen) atoms. The predicted molar refractivity (Wildman–Crippen MR) is 158 cm³/mol. The number of piperazine rings is 1. The molecule has 6 rings (SSSR count). The number of hydrogen-bond donors (Lipinski definition) is 2. The fourth-order valence-electron chi connectivity index (χ4n) is 5.90. The zero-order valence-corrected chi connectivity index (χ0v) is 23.2. The minimum atomic E-state index is -0.184. The lowest BCUT2D eigenvalue weighted by Gasteiger charge is -2.32. The molecule has 1 aliphatic carbocycles. The first-order chi connectivity index (χ1) is 19.0. The monoisotopic (exact) mass is 524 g/mol. The van der Waals surface area contributed by atoms with Gasteiger partial charge in [-0.1, -0.05) is 54.1 Å². The van der Waals surface area contributed by atoms with Crippen molar-refractivity contribution < 1.29 is 5.11 Å². The molecule has 2 fully saturated rings. The molecular formula is C32H40N6O. The number of aliphatic hydroxyl groups excluding tert-OH is 1. The molecule has 2 aromatic carbocycles. The van der Waals surface area contributed by atoms with Gasteiger partial charge in [-0.25, -0.2) is 4.98 Å². The van der Waals surface area contributed by atoms with Crippen LogP contribution in [0.1, 0.15) is 48.4 Å². The third kappa shape index (κ3) is 6.01. The van der Waals surface area contributed by atoms with Crippen molar-refractivity contribution in [3.63, 3.8) is 0 Å². The molecule has 2 N–H and O–H groups in total. The van der Waals surface area contributed by atoms with E-state index >= 15 is 0 Å². The van der Waals surface area contributed by atoms with Crippen LogP contribution in [0.25, 0.3) is 22.2 Å². The van der Waals surface area contributed by atoms with E-state index in [1.54, 1.807) is 0 Å². The Hall–Kier alpha value is -3.26. The smallest absolute Gasteiger partial charge is 0.224 e. The molecule has 0 unspecified atom stereocenters. The number of rotatable bonds is 7. The summed E-state index contributed by atoms with van der Waals surface area (Å²) in [5, 5.41) is 14.6. The van der Waals surface area contributed by atoms with Crippen LogP contribution in [-0.2, 0) is 13.1 Å². The van der Waals surface area contributed by atoms with Gasteiger partial charge in [0.1, 0.15) is 5.65 Å². The normalized spacial score (nSPS) is 20.9. The quantitative estimate of drug-likeness (QED) is 0.345. The van der Waals surface area contributed by atoms with E-state index in [1.165, 1.54) is 27.8 Å². The molecule has 7 heteroatoms. The summed E-state index contributed by atoms with van der Waals surface area (Å²) in [6.45, 7) is 8.31. The minimum Gasteiger partial charge on any atom is -0.393 e. The molecule has 2 aromatic heterocycles. The molecule has 1 aliphatic heterocycles. The van der Waals surface area contributed by atoms with Crippen LogP contribution in [0.4, 0.5) is 5.95 Å². The minimum absolute atomic E-state index is 0.184. The van der Waals surface area contributed by atoms with Crippen LogP contribution in [0.2, 0.25) is 0 Å². The summed E-state index contributed by atoms with van der Waals surface area (Å²) in [6, 6.07) is 17.9. The number of hydrogen-bond acceptors (Lipinski definition) is 6. The molecule has 0 spiro atoms. The van der Waals surface area contributed by atoms with Crippen molar-refractivity contribution >= 4 is 17.0 Å². The van der Waals surface area contributed by atoms with Crippen molar-refractivity contribution in [2.45, 2.75) is 57.8 Å². The van der Waals surface area contributed by atoms with Gasteiger partial charge in [-0.3, -0.25) is 4.90 Å². The van der Waals surface area contributed by atoms with Gasteiger partial charge >= 0.3 is 0 Å². The number of benzene rings is 2. The average molecular weight is 525 g/mol. The number of nitrogens with zero attached hydrogens (tertiary/aromatic N) is 5. The molecule has 4 aromatic rings. The first-order valence-electron chi connectivity index (χ1n) is 14.4. The van der Waals surface area contributed by atoms with Crippen molar-refractivity contribution in [1.29, 1.82) is 0 Å². The summed E-state index contributed by atoms with van der Waals surface area (Å²) in [5.74, 6) is 0.646. The van der Waals surface area contributed by atoms with Crippen molar-refractivity contribution in [3.05, 3.63) is 77.6 Å². The van der Waals surface area contributed by atoms with Gasteiger partial charge in [0, 0.05) is 68.7 Å². The highest BCUT2D eigenvalue weighted by atomic mass is 16.3. The molecular weight excluding hydrogens is 484 g/mol. The van der Waals surface area contributed by atoms with E-state index in [4.69, 9.17) is 9.97 Å². The highest BCUT2D eigenvalue weighted by molar-refractivity contribution is 5.94. The molecule has 0 radical (unpaired) electrons. The van der Waals surface area contributed by atoms with Crippen molar-refractivity contribution in [1.82, 2.24) is 24.3 Å². The maximum atomic E-state index is 10.1. The number of aromatic nitrogens is 3. The van der Waals surface area contributed by atoms with E-state index < -0.39 is 0 Å². The Labute approximate surface area is 231 Å². The van der Waals surface area contributed by atoms with E-state index in [2.05, 4.69) is 88.4 Å². The molecule has 0 atom stereocenters. The van der Waals surface area contributed by atoms with Crippen molar-refractivity contribution in [2.75, 3.05) is 38.5 Å². The summed E-state index contributed by atoms with van der Waals surface area (Å²) in [6.07, 6.45) is 7.66. The topological polar surface area (TPSA) is 69.5 Å². The summed E-state index contributed by atoms with van der Waals surface area (Å²) in [5.41, 5.74) is 7.15. The Morgan fingerprint density at radius 3 is 2.31 bits per heavy atom. The maximum Gasteiger partial charge on any atom is 0.224 e. The molecule has 7 nitrogen and oxygen atoms in total. The number of nitrogens with one attached hydrogen (secondary N) is 1. The molecule has 1 saturated heterocycles. The molecule has 204 valence electrons. The fraction of sp³-hybridized carbons (Fsp3) is 0.438. The van der Waals surface area contributed by atoms with Crippen LogP contribution < -0.4 is 5.32 Å². The third-order valence-electron chi connectivity index (χ3n) is 8.47. The van der Waals surface area contributed by atoms with Gasteiger partial charge in [-0.05, 0) is 56.3 Å². The third-order valence-corrected chi connectivity index (χ3v) is 8.47.